The van der Waals surface area contributed by atoms with E-state index in [0.717, 1.165) is 67.8 Å². The van der Waals surface area contributed by atoms with Crippen LogP contribution in [-0.4, -0.2) is 17.2 Å². The molecule has 0 radical (unpaired) electrons. The number of para-hydroxylation sites is 4. The lowest BCUT2D eigenvalue weighted by atomic mass is 10.0. The Morgan fingerprint density at radius 1 is 0.196 bits per heavy atom. The van der Waals surface area contributed by atoms with Gasteiger partial charge in [-0.3, -0.25) is 0 Å². The molecule has 0 amide bonds. The highest BCUT2D eigenvalue weighted by Crippen LogP contribution is 2.46. The topological polar surface area (TPSA) is 16.3 Å². The van der Waals surface area contributed by atoms with Crippen LogP contribution in [0, 0.1) is 0 Å². The van der Waals surface area contributed by atoms with Crippen LogP contribution in [0.25, 0.3) is 98.8 Å². The normalized spacial score (nSPS) is 11.7. The number of aromatic nitrogens is 2. The average molecular weight is 1250 g/mol. The van der Waals surface area contributed by atoms with Gasteiger partial charge < -0.3 is 18.9 Å². The van der Waals surface area contributed by atoms with Crippen LogP contribution in [0.3, 0.4) is 0 Å². The summed E-state index contributed by atoms with van der Waals surface area (Å²) < 4.78 is 4.78. The minimum Gasteiger partial charge on any atom is -0.310 e. The van der Waals surface area contributed by atoms with Gasteiger partial charge in [-0.15, -0.1) is 0 Å². The maximum absolute atomic E-state index is 3.14. The van der Waals surface area contributed by atoms with Crippen LogP contribution in [0.2, 0.25) is 0 Å². The van der Waals surface area contributed by atoms with Gasteiger partial charge in [0.1, 0.15) is 0 Å². The van der Waals surface area contributed by atoms with E-state index in [1.807, 2.05) is 0 Å². The minimum absolute atomic E-state index is 1.07. The summed E-state index contributed by atoms with van der Waals surface area (Å²) >= 11 is 0. The molecule has 18 rings (SSSR count). The lowest BCUT2D eigenvalue weighted by molar-refractivity contribution is 1.18. The van der Waals surface area contributed by atoms with Crippen molar-refractivity contribution >= 4 is 128 Å². The van der Waals surface area contributed by atoms with Crippen molar-refractivity contribution in [3.05, 3.63) is 388 Å². The zero-order chi connectivity index (χ0) is 64.2. The van der Waals surface area contributed by atoms with E-state index >= 15 is 0 Å². The van der Waals surface area contributed by atoms with Crippen molar-refractivity contribution in [2.24, 2.45) is 0 Å². The third kappa shape index (κ3) is 9.82. The maximum atomic E-state index is 2.50. The molecule has 0 saturated carbocycles. The monoisotopic (exact) mass is 1250 g/mol. The first kappa shape index (κ1) is 57.1. The molecular weight excluding hydrogens is 1190 g/mol. The van der Waals surface area contributed by atoms with E-state index in [2.05, 4.69) is 407 Å². The summed E-state index contributed by atoms with van der Waals surface area (Å²) in [5.74, 6) is 0. The molecule has 16 aromatic carbocycles. The smallest absolute Gasteiger partial charge is 0.179 e. The molecule has 2 aromatic heterocycles. The van der Waals surface area contributed by atoms with Gasteiger partial charge in [0.15, 0.2) is 8.07 Å². The molecule has 0 aliphatic heterocycles. The number of fused-ring (bicyclic) bond motifs is 8. The summed E-state index contributed by atoms with van der Waals surface area (Å²) in [6.45, 7) is 0. The highest BCUT2D eigenvalue weighted by molar-refractivity contribution is 7.20. The van der Waals surface area contributed by atoms with Crippen molar-refractivity contribution in [3.8, 4) is 33.6 Å². The molecule has 0 aliphatic rings. The van der Waals surface area contributed by atoms with Crippen LogP contribution in [0.5, 0.6) is 0 Å². The first-order valence-electron chi connectivity index (χ1n) is 33.4. The van der Waals surface area contributed by atoms with Crippen molar-refractivity contribution < 1.29 is 0 Å². The zero-order valence-electron chi connectivity index (χ0n) is 53.2. The Balaban J connectivity index is 0.781. The quantitative estimate of drug-likeness (QED) is 0.0797. The second kappa shape index (κ2) is 24.1. The fraction of sp³-hybridized carbons (Fsp3) is 0. The number of hydrogen-bond donors (Lipinski definition) is 0. The van der Waals surface area contributed by atoms with Gasteiger partial charge in [-0.05, 0) is 163 Å². The molecule has 0 N–H and O–H groups in total. The van der Waals surface area contributed by atoms with E-state index in [0.29, 0.717) is 0 Å². The fourth-order valence-corrected chi connectivity index (χ4v) is 20.3. The summed E-state index contributed by atoms with van der Waals surface area (Å²) in [7, 11) is -3.14. The molecule has 456 valence electrons. The predicted octanol–water partition coefficient (Wildman–Crippen LogP) is 21.8. The Kier molecular flexibility index (Phi) is 14.2. The van der Waals surface area contributed by atoms with Crippen molar-refractivity contribution in [1.29, 1.82) is 0 Å². The Hall–Kier alpha value is -12.5. The Morgan fingerprint density at radius 3 is 0.938 bits per heavy atom. The van der Waals surface area contributed by atoms with Gasteiger partial charge in [0.25, 0.3) is 0 Å². The van der Waals surface area contributed by atoms with Gasteiger partial charge in [0.2, 0.25) is 0 Å². The maximum Gasteiger partial charge on any atom is 0.179 e. The molecule has 0 fully saturated rings. The van der Waals surface area contributed by atoms with Crippen LogP contribution >= 0.6 is 0 Å². The summed E-state index contributed by atoms with van der Waals surface area (Å²) in [5, 5.41) is 14.8. The molecule has 0 unspecified atom stereocenters. The Bertz CT molecular complexity index is 5600. The van der Waals surface area contributed by atoms with Gasteiger partial charge in [-0.2, -0.15) is 0 Å². The molecule has 0 saturated heterocycles. The number of benzene rings is 16. The minimum atomic E-state index is -3.14. The molecule has 0 bridgehead atoms. The van der Waals surface area contributed by atoms with Crippen LogP contribution in [0.15, 0.2) is 388 Å². The summed E-state index contributed by atoms with van der Waals surface area (Å²) in [4.78, 5) is 4.92. The van der Waals surface area contributed by atoms with E-state index in [9.17, 15) is 0 Å². The molecule has 2 heterocycles. The van der Waals surface area contributed by atoms with Crippen molar-refractivity contribution in [1.82, 2.24) is 9.13 Å². The van der Waals surface area contributed by atoms with E-state index < -0.39 is 8.07 Å². The molecule has 97 heavy (non-hydrogen) atoms. The van der Waals surface area contributed by atoms with Crippen molar-refractivity contribution in [2.45, 2.75) is 0 Å². The summed E-state index contributed by atoms with van der Waals surface area (Å²) in [6.07, 6.45) is 0. The first-order valence-corrected chi connectivity index (χ1v) is 35.4. The fourth-order valence-electron chi connectivity index (χ4n) is 15.5. The summed E-state index contributed by atoms with van der Waals surface area (Å²) in [6, 6.07) is 144. The predicted molar refractivity (Wildman–Crippen MR) is 414 cm³/mol. The highest BCUT2D eigenvalue weighted by atomic mass is 28.3. The standard InChI is InChI=1S/C92H64N4Si/c1-5-35-71(36-6-1)95-89-51-19-17-49-83(89)85-63-75(55-57-91(85)95)93(87-53-25-29-65-27-13-15-47-81(65)87)73-39-21-31-67(59-73)69-33-23-45-79(61-69)97(77-41-9-3-10-42-77,78-43-11-4-12-44-78)80-46-24-34-70(62-80)68-32-22-40-74(60-68)94(88-54-26-30-66-28-14-16-48-82(66)88)76-56-58-92-86(64-76)84-50-18-20-52-90(84)96(92)72-37-7-2-8-38-72/h1-64H. The first-order chi connectivity index (χ1) is 48.1. The van der Waals surface area contributed by atoms with Gasteiger partial charge in [0, 0.05) is 66.4 Å². The van der Waals surface area contributed by atoms with Crippen molar-refractivity contribution in [3.63, 3.8) is 0 Å². The van der Waals surface area contributed by atoms with Crippen LogP contribution in [-0.2, 0) is 0 Å². The number of anilines is 6. The van der Waals surface area contributed by atoms with E-state index in [-0.39, 0.29) is 0 Å². The second-order valence-corrected chi connectivity index (χ2v) is 29.0. The Labute approximate surface area is 565 Å². The molecular formula is C92H64N4Si. The molecule has 18 aromatic rings. The van der Waals surface area contributed by atoms with Gasteiger partial charge in [-0.25, -0.2) is 0 Å². The molecule has 0 aliphatic carbocycles. The number of nitrogens with zero attached hydrogens (tertiary/aromatic N) is 4. The van der Waals surface area contributed by atoms with E-state index in [4.69, 9.17) is 0 Å². The molecule has 5 heteroatoms. The van der Waals surface area contributed by atoms with E-state index in [1.54, 1.807) is 0 Å². The Morgan fingerprint density at radius 2 is 0.505 bits per heavy atom. The second-order valence-electron chi connectivity index (χ2n) is 25.2. The largest absolute Gasteiger partial charge is 0.310 e. The summed E-state index contributed by atoms with van der Waals surface area (Å²) in [5.41, 5.74) is 18.1. The number of rotatable bonds is 14. The average Bonchev–Trinajstić information content (AvgIpc) is 0.882. The van der Waals surface area contributed by atoms with Gasteiger partial charge in [-0.1, -0.05) is 279 Å². The molecule has 0 spiro atoms. The lowest BCUT2D eigenvalue weighted by Crippen LogP contribution is -2.74. The lowest BCUT2D eigenvalue weighted by Gasteiger charge is -2.35. The van der Waals surface area contributed by atoms with Gasteiger partial charge >= 0.3 is 0 Å². The van der Waals surface area contributed by atoms with E-state index in [1.165, 1.54) is 85.9 Å². The van der Waals surface area contributed by atoms with Crippen LogP contribution in [0.4, 0.5) is 34.1 Å². The molecule has 4 nitrogen and oxygen atoms in total. The molecule has 0 atom stereocenters. The third-order valence-electron chi connectivity index (χ3n) is 19.8. The third-order valence-corrected chi connectivity index (χ3v) is 24.5. The van der Waals surface area contributed by atoms with Crippen LogP contribution in [0.1, 0.15) is 0 Å². The van der Waals surface area contributed by atoms with Crippen LogP contribution < -0.4 is 30.5 Å². The number of hydrogen-bond acceptors (Lipinski definition) is 2. The van der Waals surface area contributed by atoms with Crippen molar-refractivity contribution in [2.75, 3.05) is 9.80 Å². The SMILES string of the molecule is c1ccc(-n2c3ccccc3c3cc(N(c4cccc(-c5cccc([Si](c6ccccc6)(c6ccccc6)c6cccc(-c7cccc(N(c8ccc9c(c8)c8ccccc8n9-c8ccccc8)c8cccc9ccccc89)c7)c6)c5)c4)c4cccc5ccccc45)ccc32)cc1. The highest BCUT2D eigenvalue weighted by Gasteiger charge is 2.42. The van der Waals surface area contributed by atoms with Gasteiger partial charge in [0.05, 0.1) is 33.4 Å². The zero-order valence-corrected chi connectivity index (χ0v) is 54.2.